The van der Waals surface area contributed by atoms with Crippen LogP contribution in [0.5, 0.6) is 11.5 Å². The number of nitro groups is 1. The van der Waals surface area contributed by atoms with Crippen LogP contribution in [0.3, 0.4) is 0 Å². The third kappa shape index (κ3) is 5.33. The first-order valence-corrected chi connectivity index (χ1v) is 7.74. The van der Waals surface area contributed by atoms with Crippen LogP contribution in [0.2, 0.25) is 0 Å². The van der Waals surface area contributed by atoms with Crippen molar-refractivity contribution < 1.29 is 29.1 Å². The summed E-state index contributed by atoms with van der Waals surface area (Å²) in [4.78, 5) is 34.3. The fourth-order valence-corrected chi connectivity index (χ4v) is 2.24. The molecule has 1 amide bonds. The fourth-order valence-electron chi connectivity index (χ4n) is 2.24. The number of nitrogens with one attached hydrogen (secondary N) is 1. The van der Waals surface area contributed by atoms with Crippen LogP contribution < -0.4 is 14.8 Å². The molecule has 0 radical (unpaired) electrons. The van der Waals surface area contributed by atoms with Gasteiger partial charge in [-0.15, -0.1) is 0 Å². The van der Waals surface area contributed by atoms with Crippen molar-refractivity contribution in [1.82, 2.24) is 5.32 Å². The molecule has 1 aromatic carbocycles. The minimum absolute atomic E-state index is 0.0197. The quantitative estimate of drug-likeness (QED) is 0.514. The van der Waals surface area contributed by atoms with E-state index in [-0.39, 0.29) is 36.0 Å². The Balaban J connectivity index is 3.26. The van der Waals surface area contributed by atoms with Crippen LogP contribution in [-0.2, 0) is 4.79 Å². The molecule has 9 nitrogen and oxygen atoms in total. The molecule has 25 heavy (non-hydrogen) atoms. The summed E-state index contributed by atoms with van der Waals surface area (Å²) < 4.78 is 10.4. The number of carbonyl (C=O) groups excluding carboxylic acids is 1. The van der Waals surface area contributed by atoms with Crippen molar-refractivity contribution in [1.29, 1.82) is 0 Å². The van der Waals surface area contributed by atoms with Crippen molar-refractivity contribution in [3.05, 3.63) is 27.8 Å². The van der Waals surface area contributed by atoms with E-state index >= 15 is 0 Å². The molecular formula is C16H22N2O7. The normalized spacial score (nSPS) is 11.7. The number of carboxylic acids is 1. The monoisotopic (exact) mass is 354 g/mol. The third-order valence-electron chi connectivity index (χ3n) is 3.33. The number of carbonyl (C=O) groups is 2. The van der Waals surface area contributed by atoms with Gasteiger partial charge in [-0.2, -0.15) is 0 Å². The number of nitro benzene ring substituents is 1. The number of rotatable bonds is 9. The van der Waals surface area contributed by atoms with Crippen molar-refractivity contribution in [3.8, 4) is 11.5 Å². The van der Waals surface area contributed by atoms with Crippen molar-refractivity contribution in [2.75, 3.05) is 13.7 Å². The van der Waals surface area contributed by atoms with Gasteiger partial charge < -0.3 is 19.9 Å². The largest absolute Gasteiger partial charge is 0.493 e. The number of hydrogen-bond donors (Lipinski definition) is 2. The average molecular weight is 354 g/mol. The Labute approximate surface area is 145 Å². The highest BCUT2D eigenvalue weighted by Gasteiger charge is 2.28. The Hall–Kier alpha value is -2.84. The van der Waals surface area contributed by atoms with Gasteiger partial charge >= 0.3 is 5.97 Å². The average Bonchev–Trinajstić information content (AvgIpc) is 2.53. The minimum atomic E-state index is -1.21. The number of amides is 1. The molecule has 0 saturated carbocycles. The van der Waals surface area contributed by atoms with Gasteiger partial charge in [0.15, 0.2) is 11.5 Å². The number of benzene rings is 1. The SMILES string of the molecule is CCOc1cc([N+](=O)[O-])c(C(=O)N[C@H](CC(C)C)C(=O)O)cc1OC. The van der Waals surface area contributed by atoms with Gasteiger partial charge in [0.05, 0.1) is 24.7 Å². The molecule has 0 fully saturated rings. The highest BCUT2D eigenvalue weighted by molar-refractivity contribution is 6.00. The number of aliphatic carboxylic acids is 1. The summed E-state index contributed by atoms with van der Waals surface area (Å²) in [6.07, 6.45) is 0.197. The first kappa shape index (κ1) is 20.2. The lowest BCUT2D eigenvalue weighted by atomic mass is 10.0. The van der Waals surface area contributed by atoms with E-state index in [1.807, 2.05) is 13.8 Å². The smallest absolute Gasteiger partial charge is 0.326 e. The molecule has 0 heterocycles. The molecule has 138 valence electrons. The third-order valence-corrected chi connectivity index (χ3v) is 3.33. The molecule has 0 unspecified atom stereocenters. The highest BCUT2D eigenvalue weighted by Crippen LogP contribution is 2.34. The van der Waals surface area contributed by atoms with E-state index in [2.05, 4.69) is 5.32 Å². The maximum absolute atomic E-state index is 12.4. The summed E-state index contributed by atoms with van der Waals surface area (Å²) >= 11 is 0. The zero-order valence-electron chi connectivity index (χ0n) is 14.6. The van der Waals surface area contributed by atoms with Gasteiger partial charge in [-0.05, 0) is 19.3 Å². The second kappa shape index (κ2) is 8.86. The second-order valence-electron chi connectivity index (χ2n) is 5.70. The van der Waals surface area contributed by atoms with E-state index in [0.717, 1.165) is 6.07 Å². The number of ether oxygens (including phenoxy) is 2. The van der Waals surface area contributed by atoms with E-state index in [4.69, 9.17) is 9.47 Å². The Kier molecular flexibility index (Phi) is 7.16. The van der Waals surface area contributed by atoms with E-state index in [1.165, 1.54) is 13.2 Å². The van der Waals surface area contributed by atoms with Gasteiger partial charge in [0.1, 0.15) is 11.6 Å². The van der Waals surface area contributed by atoms with Crippen LogP contribution in [0, 0.1) is 16.0 Å². The van der Waals surface area contributed by atoms with Crippen molar-refractivity contribution in [2.24, 2.45) is 5.92 Å². The molecule has 0 bridgehead atoms. The molecule has 0 saturated heterocycles. The summed E-state index contributed by atoms with van der Waals surface area (Å²) in [6, 6.07) is 1.12. The van der Waals surface area contributed by atoms with Crippen LogP contribution >= 0.6 is 0 Å². The Morgan fingerprint density at radius 2 is 1.96 bits per heavy atom. The van der Waals surface area contributed by atoms with E-state index < -0.39 is 28.5 Å². The lowest BCUT2D eigenvalue weighted by molar-refractivity contribution is -0.385. The lowest BCUT2D eigenvalue weighted by Crippen LogP contribution is -2.41. The Bertz CT molecular complexity index is 658. The maximum Gasteiger partial charge on any atom is 0.326 e. The Morgan fingerprint density at radius 3 is 2.40 bits per heavy atom. The number of nitrogens with zero attached hydrogens (tertiary/aromatic N) is 1. The van der Waals surface area contributed by atoms with Crippen molar-refractivity contribution in [2.45, 2.75) is 33.2 Å². The topological polar surface area (TPSA) is 128 Å². The molecule has 1 aromatic rings. The molecule has 1 atom stereocenters. The predicted octanol–water partition coefficient (Wildman–Crippen LogP) is 2.23. The molecule has 0 aromatic heterocycles. The van der Waals surface area contributed by atoms with E-state index in [0.29, 0.717) is 0 Å². The molecule has 9 heteroatoms. The van der Waals surface area contributed by atoms with Crippen LogP contribution in [-0.4, -0.2) is 41.7 Å². The van der Waals surface area contributed by atoms with E-state index in [9.17, 15) is 24.8 Å². The van der Waals surface area contributed by atoms with Gasteiger partial charge in [-0.1, -0.05) is 13.8 Å². The molecule has 0 aliphatic heterocycles. The van der Waals surface area contributed by atoms with Crippen LogP contribution in [0.4, 0.5) is 5.69 Å². The zero-order chi connectivity index (χ0) is 19.1. The van der Waals surface area contributed by atoms with Gasteiger partial charge in [0, 0.05) is 6.07 Å². The maximum atomic E-state index is 12.4. The molecule has 0 aliphatic rings. The standard InChI is InChI=1S/C16H22N2O7/c1-5-25-14-8-12(18(22)23)10(7-13(14)24-4)15(19)17-11(16(20)21)6-9(2)3/h7-9,11H,5-6H2,1-4H3,(H,17,19)(H,20,21)/t11-/m1/s1. The molecule has 1 rings (SSSR count). The summed E-state index contributed by atoms with van der Waals surface area (Å²) in [5.74, 6) is -1.77. The highest BCUT2D eigenvalue weighted by atomic mass is 16.6. The molecule has 0 aliphatic carbocycles. The molecular weight excluding hydrogens is 332 g/mol. The number of carboxylic acid groups (broad SMARTS) is 1. The summed E-state index contributed by atoms with van der Waals surface area (Å²) in [6.45, 7) is 5.58. The van der Waals surface area contributed by atoms with Crippen molar-refractivity contribution in [3.63, 3.8) is 0 Å². The second-order valence-corrected chi connectivity index (χ2v) is 5.70. The van der Waals surface area contributed by atoms with Crippen LogP contribution in [0.1, 0.15) is 37.6 Å². The van der Waals surface area contributed by atoms with Crippen molar-refractivity contribution >= 4 is 17.6 Å². The zero-order valence-corrected chi connectivity index (χ0v) is 14.6. The van der Waals surface area contributed by atoms with Gasteiger partial charge in [-0.25, -0.2) is 4.79 Å². The first-order valence-electron chi connectivity index (χ1n) is 7.74. The van der Waals surface area contributed by atoms with E-state index in [1.54, 1.807) is 6.92 Å². The van der Waals surface area contributed by atoms with Crippen LogP contribution in [0.15, 0.2) is 12.1 Å². The first-order chi connectivity index (χ1) is 11.7. The number of hydrogen-bond acceptors (Lipinski definition) is 6. The summed E-state index contributed by atoms with van der Waals surface area (Å²) in [5, 5.41) is 22.8. The number of methoxy groups -OCH3 is 1. The minimum Gasteiger partial charge on any atom is -0.493 e. The van der Waals surface area contributed by atoms with Gasteiger partial charge in [0.25, 0.3) is 11.6 Å². The Morgan fingerprint density at radius 1 is 1.32 bits per heavy atom. The summed E-state index contributed by atoms with van der Waals surface area (Å²) in [5.41, 5.74) is -0.782. The van der Waals surface area contributed by atoms with Gasteiger partial charge in [-0.3, -0.25) is 14.9 Å². The molecule has 0 spiro atoms. The summed E-state index contributed by atoms with van der Waals surface area (Å²) in [7, 11) is 1.34. The van der Waals surface area contributed by atoms with Gasteiger partial charge in [0.2, 0.25) is 0 Å². The molecule has 2 N–H and O–H groups in total. The van der Waals surface area contributed by atoms with Crippen LogP contribution in [0.25, 0.3) is 0 Å². The fraction of sp³-hybridized carbons (Fsp3) is 0.500. The predicted molar refractivity (Wildman–Crippen MR) is 89.2 cm³/mol. The lowest BCUT2D eigenvalue weighted by Gasteiger charge is -2.17.